The van der Waals surface area contributed by atoms with Crippen molar-refractivity contribution in [1.82, 2.24) is 9.80 Å². The van der Waals surface area contributed by atoms with Gasteiger partial charge in [-0.3, -0.25) is 9.69 Å². The van der Waals surface area contributed by atoms with Crippen LogP contribution in [-0.2, 0) is 16.1 Å². The molecule has 0 radical (unpaired) electrons. The largest absolute Gasteiger partial charge is 0.380 e. The highest BCUT2D eigenvalue weighted by Crippen LogP contribution is 2.23. The second kappa shape index (κ2) is 7.77. The third kappa shape index (κ3) is 3.76. The van der Waals surface area contributed by atoms with Crippen molar-refractivity contribution in [3.63, 3.8) is 0 Å². The van der Waals surface area contributed by atoms with Crippen molar-refractivity contribution in [2.45, 2.75) is 44.3 Å². The minimum Gasteiger partial charge on any atom is -0.380 e. The number of hydrogen-bond acceptors (Lipinski definition) is 3. The van der Waals surface area contributed by atoms with Crippen molar-refractivity contribution < 1.29 is 9.53 Å². The first kappa shape index (κ1) is 17.5. The highest BCUT2D eigenvalue weighted by molar-refractivity contribution is 5.83. The van der Waals surface area contributed by atoms with E-state index in [1.807, 2.05) is 4.90 Å². The van der Waals surface area contributed by atoms with Crippen LogP contribution < -0.4 is 0 Å². The zero-order valence-corrected chi connectivity index (χ0v) is 15.6. The molecule has 2 fully saturated rings. The first-order chi connectivity index (χ1) is 12.7. The Kier molecular flexibility index (Phi) is 5.23. The lowest BCUT2D eigenvalue weighted by Gasteiger charge is -2.31. The molecule has 4 heteroatoms. The summed E-state index contributed by atoms with van der Waals surface area (Å²) in [5, 5.41) is 2.49. The van der Waals surface area contributed by atoms with Crippen LogP contribution in [0, 0.1) is 0 Å². The van der Waals surface area contributed by atoms with Gasteiger partial charge in [-0.25, -0.2) is 0 Å². The molecule has 138 valence electrons. The van der Waals surface area contributed by atoms with Crippen LogP contribution in [0.15, 0.2) is 42.5 Å². The summed E-state index contributed by atoms with van der Waals surface area (Å²) in [6.45, 7) is 3.26. The SMILES string of the molecule is CN(C1CCC(=O)N(Cc2ccc3ccccc3c2)CC1)C1CCOC1. The van der Waals surface area contributed by atoms with E-state index in [9.17, 15) is 4.79 Å². The number of likely N-dealkylation sites (tertiary alicyclic amines) is 1. The van der Waals surface area contributed by atoms with Crippen molar-refractivity contribution in [3.05, 3.63) is 48.0 Å². The highest BCUT2D eigenvalue weighted by Gasteiger charge is 2.30. The van der Waals surface area contributed by atoms with E-state index in [-0.39, 0.29) is 5.91 Å². The number of carbonyl (C=O) groups excluding carboxylic acids is 1. The molecule has 2 atom stereocenters. The number of nitrogens with zero attached hydrogens (tertiary/aromatic N) is 2. The van der Waals surface area contributed by atoms with Crippen molar-refractivity contribution in [2.24, 2.45) is 0 Å². The summed E-state index contributed by atoms with van der Waals surface area (Å²) in [4.78, 5) is 17.2. The fourth-order valence-electron chi connectivity index (χ4n) is 4.30. The van der Waals surface area contributed by atoms with Gasteiger partial charge in [0.1, 0.15) is 0 Å². The van der Waals surface area contributed by atoms with Gasteiger partial charge >= 0.3 is 0 Å². The summed E-state index contributed by atoms with van der Waals surface area (Å²) in [5.41, 5.74) is 1.22. The molecule has 2 aromatic rings. The molecule has 26 heavy (non-hydrogen) atoms. The van der Waals surface area contributed by atoms with Crippen LogP contribution in [0.1, 0.15) is 31.2 Å². The summed E-state index contributed by atoms with van der Waals surface area (Å²) in [6, 6.07) is 15.9. The average Bonchev–Trinajstić information content (AvgIpc) is 3.14. The van der Waals surface area contributed by atoms with Crippen molar-refractivity contribution in [1.29, 1.82) is 0 Å². The Balaban J connectivity index is 1.42. The molecule has 4 nitrogen and oxygen atoms in total. The number of hydrogen-bond donors (Lipinski definition) is 0. The molecule has 0 aliphatic carbocycles. The van der Waals surface area contributed by atoms with E-state index in [4.69, 9.17) is 4.74 Å². The van der Waals surface area contributed by atoms with E-state index in [0.29, 0.717) is 25.0 Å². The minimum absolute atomic E-state index is 0.289. The standard InChI is InChI=1S/C22H28N2O2/c1-23(21-11-13-26-16-21)20-8-9-22(25)24(12-10-20)15-17-6-7-18-4-2-3-5-19(18)14-17/h2-7,14,20-21H,8-13,15-16H2,1H3. The van der Waals surface area contributed by atoms with Crippen molar-refractivity contribution in [3.8, 4) is 0 Å². The van der Waals surface area contributed by atoms with E-state index >= 15 is 0 Å². The first-order valence-corrected chi connectivity index (χ1v) is 9.76. The van der Waals surface area contributed by atoms with E-state index in [1.165, 1.54) is 16.3 Å². The van der Waals surface area contributed by atoms with E-state index in [2.05, 4.69) is 54.4 Å². The molecule has 2 heterocycles. The predicted molar refractivity (Wildman–Crippen MR) is 104 cm³/mol. The van der Waals surface area contributed by atoms with Gasteiger partial charge in [0, 0.05) is 38.2 Å². The van der Waals surface area contributed by atoms with E-state index in [1.54, 1.807) is 0 Å². The Morgan fingerprint density at radius 2 is 1.92 bits per heavy atom. The minimum atomic E-state index is 0.289. The quantitative estimate of drug-likeness (QED) is 0.845. The zero-order chi connectivity index (χ0) is 17.9. The van der Waals surface area contributed by atoms with Crippen LogP contribution >= 0.6 is 0 Å². The third-order valence-corrected chi connectivity index (χ3v) is 6.02. The van der Waals surface area contributed by atoms with E-state index in [0.717, 1.165) is 39.0 Å². The number of likely N-dealkylation sites (N-methyl/N-ethyl adjacent to an activating group) is 1. The lowest BCUT2D eigenvalue weighted by molar-refractivity contribution is -0.131. The molecular formula is C22H28N2O2. The second-order valence-corrected chi connectivity index (χ2v) is 7.66. The summed E-state index contributed by atoms with van der Waals surface area (Å²) in [7, 11) is 2.20. The number of amides is 1. The molecule has 0 aromatic heterocycles. The maximum atomic E-state index is 12.7. The molecule has 2 unspecified atom stereocenters. The number of benzene rings is 2. The Morgan fingerprint density at radius 1 is 1.08 bits per heavy atom. The van der Waals surface area contributed by atoms with Gasteiger partial charge in [0.05, 0.1) is 6.61 Å². The van der Waals surface area contributed by atoms with E-state index < -0.39 is 0 Å². The summed E-state index contributed by atoms with van der Waals surface area (Å²) in [5.74, 6) is 0.289. The Hall–Kier alpha value is -1.91. The molecule has 0 spiro atoms. The Bertz CT molecular complexity index is 770. The lowest BCUT2D eigenvalue weighted by Crippen LogP contribution is -2.41. The summed E-state index contributed by atoms with van der Waals surface area (Å²) < 4.78 is 5.54. The molecule has 0 N–H and O–H groups in total. The predicted octanol–water partition coefficient (Wildman–Crippen LogP) is 3.44. The Morgan fingerprint density at radius 3 is 2.73 bits per heavy atom. The van der Waals surface area contributed by atoms with Crippen LogP contribution in [0.25, 0.3) is 10.8 Å². The molecule has 2 saturated heterocycles. The van der Waals surface area contributed by atoms with Gasteiger partial charge < -0.3 is 9.64 Å². The van der Waals surface area contributed by atoms with Crippen LogP contribution in [0.5, 0.6) is 0 Å². The van der Waals surface area contributed by atoms with Crippen LogP contribution in [-0.4, -0.2) is 54.6 Å². The third-order valence-electron chi connectivity index (χ3n) is 6.02. The van der Waals surface area contributed by atoms with Gasteiger partial charge in [-0.05, 0) is 48.7 Å². The summed E-state index contributed by atoms with van der Waals surface area (Å²) >= 11 is 0. The van der Waals surface area contributed by atoms with Crippen LogP contribution in [0.2, 0.25) is 0 Å². The van der Waals surface area contributed by atoms with Crippen LogP contribution in [0.3, 0.4) is 0 Å². The lowest BCUT2D eigenvalue weighted by atomic mass is 10.1. The van der Waals surface area contributed by atoms with Gasteiger partial charge in [0.25, 0.3) is 0 Å². The number of carbonyl (C=O) groups is 1. The first-order valence-electron chi connectivity index (χ1n) is 9.76. The number of rotatable bonds is 4. The Labute approximate surface area is 155 Å². The molecule has 0 saturated carbocycles. The van der Waals surface area contributed by atoms with Gasteiger partial charge in [-0.1, -0.05) is 36.4 Å². The fourth-order valence-corrected chi connectivity index (χ4v) is 4.30. The normalized spacial score (nSPS) is 24.4. The number of ether oxygens (including phenoxy) is 1. The average molecular weight is 352 g/mol. The molecular weight excluding hydrogens is 324 g/mol. The monoisotopic (exact) mass is 352 g/mol. The molecule has 4 rings (SSSR count). The van der Waals surface area contributed by atoms with Gasteiger partial charge in [-0.2, -0.15) is 0 Å². The summed E-state index contributed by atoms with van der Waals surface area (Å²) in [6.07, 6.45) is 3.77. The van der Waals surface area contributed by atoms with Gasteiger partial charge in [0.2, 0.25) is 5.91 Å². The topological polar surface area (TPSA) is 32.8 Å². The number of fused-ring (bicyclic) bond motifs is 1. The maximum absolute atomic E-state index is 12.7. The van der Waals surface area contributed by atoms with Crippen molar-refractivity contribution >= 4 is 16.7 Å². The molecule has 2 aliphatic rings. The molecule has 2 aliphatic heterocycles. The molecule has 2 aromatic carbocycles. The highest BCUT2D eigenvalue weighted by atomic mass is 16.5. The smallest absolute Gasteiger partial charge is 0.222 e. The van der Waals surface area contributed by atoms with Gasteiger partial charge in [-0.15, -0.1) is 0 Å². The van der Waals surface area contributed by atoms with Crippen molar-refractivity contribution in [2.75, 3.05) is 26.8 Å². The van der Waals surface area contributed by atoms with Crippen LogP contribution in [0.4, 0.5) is 0 Å². The van der Waals surface area contributed by atoms with Gasteiger partial charge in [0.15, 0.2) is 0 Å². The molecule has 1 amide bonds. The second-order valence-electron chi connectivity index (χ2n) is 7.66. The maximum Gasteiger partial charge on any atom is 0.222 e. The zero-order valence-electron chi connectivity index (χ0n) is 15.6. The molecule has 0 bridgehead atoms. The fraction of sp³-hybridized carbons (Fsp3) is 0.500.